The second kappa shape index (κ2) is 7.93. The number of anilines is 2. The number of benzene rings is 1. The molecule has 1 aromatic heterocycles. The predicted molar refractivity (Wildman–Crippen MR) is 96.0 cm³/mol. The van der Waals surface area contributed by atoms with Crippen LogP contribution in [0.3, 0.4) is 0 Å². The highest BCUT2D eigenvalue weighted by Gasteiger charge is 2.34. The van der Waals surface area contributed by atoms with Gasteiger partial charge >= 0.3 is 6.18 Å². The van der Waals surface area contributed by atoms with E-state index in [0.717, 1.165) is 42.9 Å². The van der Waals surface area contributed by atoms with E-state index in [1.165, 1.54) is 6.42 Å². The van der Waals surface area contributed by atoms with E-state index < -0.39 is 11.9 Å². The van der Waals surface area contributed by atoms with E-state index in [4.69, 9.17) is 0 Å². The summed E-state index contributed by atoms with van der Waals surface area (Å²) in [6.45, 7) is 2.38. The van der Waals surface area contributed by atoms with Crippen LogP contribution in [-0.2, 0) is 12.7 Å². The number of nitrogens with one attached hydrogen (secondary N) is 2. The van der Waals surface area contributed by atoms with Gasteiger partial charge in [-0.2, -0.15) is 18.2 Å². The summed E-state index contributed by atoms with van der Waals surface area (Å²) < 4.78 is 39.6. The van der Waals surface area contributed by atoms with E-state index in [1.807, 2.05) is 31.2 Å². The van der Waals surface area contributed by atoms with E-state index in [1.54, 1.807) is 0 Å². The molecule has 1 heterocycles. The Hall–Kier alpha value is -2.31. The molecular weight excluding hydrogens is 341 g/mol. The van der Waals surface area contributed by atoms with Crippen molar-refractivity contribution in [3.05, 3.63) is 47.2 Å². The van der Waals surface area contributed by atoms with Gasteiger partial charge in [-0.3, -0.25) is 0 Å². The minimum Gasteiger partial charge on any atom is -0.366 e. The van der Waals surface area contributed by atoms with Crippen LogP contribution >= 0.6 is 0 Å². The first-order chi connectivity index (χ1) is 12.4. The molecule has 0 bridgehead atoms. The van der Waals surface area contributed by atoms with Crippen LogP contribution in [0.2, 0.25) is 0 Å². The van der Waals surface area contributed by atoms with Crippen molar-refractivity contribution in [3.8, 4) is 0 Å². The molecule has 2 aromatic rings. The Labute approximate surface area is 151 Å². The summed E-state index contributed by atoms with van der Waals surface area (Å²) in [7, 11) is 0. The van der Waals surface area contributed by atoms with Crippen LogP contribution in [0.4, 0.5) is 24.9 Å². The minimum atomic E-state index is -4.51. The predicted octanol–water partition coefficient (Wildman–Crippen LogP) is 5.16. The van der Waals surface area contributed by atoms with E-state index in [0.29, 0.717) is 6.54 Å². The van der Waals surface area contributed by atoms with Crippen LogP contribution < -0.4 is 10.6 Å². The summed E-state index contributed by atoms with van der Waals surface area (Å²) >= 11 is 0. The molecule has 1 fully saturated rings. The molecule has 0 saturated heterocycles. The first-order valence-electron chi connectivity index (χ1n) is 8.92. The summed E-state index contributed by atoms with van der Waals surface area (Å²) in [6, 6.07) is 8.90. The summed E-state index contributed by atoms with van der Waals surface area (Å²) in [4.78, 5) is 7.93. The second-order valence-electron chi connectivity index (χ2n) is 6.78. The average molecular weight is 364 g/mol. The van der Waals surface area contributed by atoms with E-state index in [2.05, 4.69) is 20.6 Å². The van der Waals surface area contributed by atoms with Crippen molar-refractivity contribution in [2.75, 3.05) is 10.6 Å². The molecule has 4 nitrogen and oxygen atoms in total. The van der Waals surface area contributed by atoms with Gasteiger partial charge in [-0.25, -0.2) is 4.98 Å². The SMILES string of the molecule is Cc1cccc(CNc2cc(C(F)(F)F)nc(NC3CCCCC3)n2)c1. The number of rotatable bonds is 5. The summed E-state index contributed by atoms with van der Waals surface area (Å²) in [5.41, 5.74) is 1.15. The van der Waals surface area contributed by atoms with Gasteiger partial charge in [0, 0.05) is 18.7 Å². The molecule has 26 heavy (non-hydrogen) atoms. The Bertz CT molecular complexity index is 740. The zero-order valence-corrected chi connectivity index (χ0v) is 14.7. The highest BCUT2D eigenvalue weighted by atomic mass is 19.4. The molecular formula is C19H23F3N4. The van der Waals surface area contributed by atoms with Crippen LogP contribution in [0, 0.1) is 6.92 Å². The van der Waals surface area contributed by atoms with E-state index in [-0.39, 0.29) is 17.8 Å². The highest BCUT2D eigenvalue weighted by molar-refractivity contribution is 5.44. The number of aryl methyl sites for hydroxylation is 1. The third kappa shape index (κ3) is 5.09. The van der Waals surface area contributed by atoms with Crippen LogP contribution in [-0.4, -0.2) is 16.0 Å². The van der Waals surface area contributed by atoms with Gasteiger partial charge in [0.05, 0.1) is 0 Å². The quantitative estimate of drug-likeness (QED) is 0.769. The van der Waals surface area contributed by atoms with Crippen molar-refractivity contribution < 1.29 is 13.2 Å². The van der Waals surface area contributed by atoms with Crippen molar-refractivity contribution in [1.29, 1.82) is 0 Å². The number of hydrogen-bond donors (Lipinski definition) is 2. The smallest absolute Gasteiger partial charge is 0.366 e. The zero-order valence-electron chi connectivity index (χ0n) is 14.7. The lowest BCUT2D eigenvalue weighted by Crippen LogP contribution is -2.24. The van der Waals surface area contributed by atoms with Gasteiger partial charge < -0.3 is 10.6 Å². The molecule has 0 aliphatic heterocycles. The first kappa shape index (κ1) is 18.5. The normalized spacial score (nSPS) is 15.7. The van der Waals surface area contributed by atoms with Crippen molar-refractivity contribution in [3.63, 3.8) is 0 Å². The van der Waals surface area contributed by atoms with E-state index in [9.17, 15) is 13.2 Å². The lowest BCUT2D eigenvalue weighted by Gasteiger charge is -2.23. The number of aromatic nitrogens is 2. The maximum absolute atomic E-state index is 13.2. The highest BCUT2D eigenvalue weighted by Crippen LogP contribution is 2.30. The Morgan fingerprint density at radius 1 is 1.08 bits per heavy atom. The van der Waals surface area contributed by atoms with Gasteiger partial charge in [0.1, 0.15) is 5.82 Å². The maximum atomic E-state index is 13.2. The second-order valence-corrected chi connectivity index (χ2v) is 6.78. The molecule has 1 aromatic carbocycles. The van der Waals surface area contributed by atoms with Gasteiger partial charge in [-0.1, -0.05) is 49.1 Å². The van der Waals surface area contributed by atoms with Crippen LogP contribution in [0.5, 0.6) is 0 Å². The Morgan fingerprint density at radius 2 is 1.85 bits per heavy atom. The van der Waals surface area contributed by atoms with Crippen LogP contribution in [0.15, 0.2) is 30.3 Å². The molecule has 0 atom stereocenters. The topological polar surface area (TPSA) is 49.8 Å². The standard InChI is InChI=1S/C19H23F3N4/c1-13-6-5-7-14(10-13)12-23-17-11-16(19(20,21)22)25-18(26-17)24-15-8-3-2-4-9-15/h5-7,10-11,15H,2-4,8-9,12H2,1H3,(H2,23,24,25,26). The fraction of sp³-hybridized carbons (Fsp3) is 0.474. The molecule has 2 N–H and O–H groups in total. The number of hydrogen-bond acceptors (Lipinski definition) is 4. The fourth-order valence-electron chi connectivity index (χ4n) is 3.19. The molecule has 1 aliphatic carbocycles. The van der Waals surface area contributed by atoms with Gasteiger partial charge in [-0.05, 0) is 25.3 Å². The number of nitrogens with zero attached hydrogens (tertiary/aromatic N) is 2. The largest absolute Gasteiger partial charge is 0.433 e. The molecule has 3 rings (SSSR count). The minimum absolute atomic E-state index is 0.0402. The molecule has 0 spiro atoms. The van der Waals surface area contributed by atoms with Crippen LogP contribution in [0.1, 0.15) is 48.9 Å². The molecule has 0 unspecified atom stereocenters. The summed E-state index contributed by atoms with van der Waals surface area (Å²) in [5, 5.41) is 6.07. The first-order valence-corrected chi connectivity index (χ1v) is 8.92. The monoisotopic (exact) mass is 364 g/mol. The van der Waals surface area contributed by atoms with Gasteiger partial charge in [0.25, 0.3) is 0 Å². The van der Waals surface area contributed by atoms with Crippen molar-refractivity contribution in [1.82, 2.24) is 9.97 Å². The molecule has 1 saturated carbocycles. The summed E-state index contributed by atoms with van der Waals surface area (Å²) in [6.07, 6.45) is 0.693. The Kier molecular flexibility index (Phi) is 5.64. The molecule has 1 aliphatic rings. The Morgan fingerprint density at radius 3 is 2.54 bits per heavy atom. The van der Waals surface area contributed by atoms with Gasteiger partial charge in [-0.15, -0.1) is 0 Å². The third-order valence-corrected chi connectivity index (χ3v) is 4.51. The lowest BCUT2D eigenvalue weighted by molar-refractivity contribution is -0.141. The number of alkyl halides is 3. The van der Waals surface area contributed by atoms with Crippen molar-refractivity contribution in [2.45, 2.75) is 57.8 Å². The average Bonchev–Trinajstić information content (AvgIpc) is 2.60. The summed E-state index contributed by atoms with van der Waals surface area (Å²) in [5.74, 6) is 0.214. The van der Waals surface area contributed by atoms with Crippen molar-refractivity contribution in [2.24, 2.45) is 0 Å². The maximum Gasteiger partial charge on any atom is 0.433 e. The zero-order chi connectivity index (χ0) is 18.6. The number of halogens is 3. The Balaban J connectivity index is 1.77. The van der Waals surface area contributed by atoms with E-state index >= 15 is 0 Å². The van der Waals surface area contributed by atoms with Crippen molar-refractivity contribution >= 4 is 11.8 Å². The third-order valence-electron chi connectivity index (χ3n) is 4.51. The van der Waals surface area contributed by atoms with Gasteiger partial charge in [0.15, 0.2) is 5.69 Å². The molecule has 140 valence electrons. The van der Waals surface area contributed by atoms with Gasteiger partial charge in [0.2, 0.25) is 5.95 Å². The molecule has 0 radical (unpaired) electrons. The fourth-order valence-corrected chi connectivity index (χ4v) is 3.19. The van der Waals surface area contributed by atoms with Crippen LogP contribution in [0.25, 0.3) is 0 Å². The lowest BCUT2D eigenvalue weighted by atomic mass is 9.96. The molecule has 0 amide bonds. The molecule has 7 heteroatoms.